The van der Waals surface area contributed by atoms with Crippen molar-refractivity contribution in [2.24, 2.45) is 4.99 Å². The van der Waals surface area contributed by atoms with Gasteiger partial charge in [0.1, 0.15) is 5.75 Å². The summed E-state index contributed by atoms with van der Waals surface area (Å²) in [6.45, 7) is 1.90. The number of hydrogen-bond acceptors (Lipinski definition) is 6. The third kappa shape index (κ3) is 6.07. The number of carbonyl (C=O) groups is 1. The third-order valence-electron chi connectivity index (χ3n) is 5.33. The first-order valence-corrected chi connectivity index (χ1v) is 11.2. The summed E-state index contributed by atoms with van der Waals surface area (Å²) in [4.78, 5) is 20.8. The van der Waals surface area contributed by atoms with E-state index in [2.05, 4.69) is 32.0 Å². The molecule has 3 N–H and O–H groups in total. The Morgan fingerprint density at radius 1 is 0.972 bits per heavy atom. The maximum atomic E-state index is 12.7. The number of ether oxygens (including phenoxy) is 1. The fraction of sp³-hybridized carbons (Fsp3) is 0.0690. The number of allylic oxidation sites excluding steroid dienone is 2. The molecule has 0 aliphatic rings. The molecule has 0 atom stereocenters. The van der Waals surface area contributed by atoms with E-state index >= 15 is 0 Å². The second-order valence-electron chi connectivity index (χ2n) is 7.86. The molecule has 178 valence electrons. The molecule has 0 radical (unpaired) electrons. The van der Waals surface area contributed by atoms with E-state index in [0.29, 0.717) is 11.3 Å². The van der Waals surface area contributed by atoms with E-state index in [0.717, 1.165) is 39.4 Å². The molecule has 0 aliphatic carbocycles. The van der Waals surface area contributed by atoms with Crippen LogP contribution in [0.2, 0.25) is 0 Å². The smallest absolute Gasteiger partial charge is 0.255 e. The van der Waals surface area contributed by atoms with Crippen LogP contribution in [-0.4, -0.2) is 24.2 Å². The highest BCUT2D eigenvalue weighted by Crippen LogP contribution is 2.29. The number of hydrogen-bond donors (Lipinski definition) is 3. The van der Waals surface area contributed by atoms with Gasteiger partial charge in [-0.3, -0.25) is 9.78 Å². The van der Waals surface area contributed by atoms with Gasteiger partial charge in [0.25, 0.3) is 5.91 Å². The third-order valence-corrected chi connectivity index (χ3v) is 5.33. The molecule has 0 bridgehead atoms. The maximum Gasteiger partial charge on any atom is 0.255 e. The second-order valence-corrected chi connectivity index (χ2v) is 7.86. The number of nitrogens with one attached hydrogen (secondary N) is 3. The predicted molar refractivity (Wildman–Crippen MR) is 147 cm³/mol. The molecular weight excluding hydrogens is 450 g/mol. The minimum absolute atomic E-state index is 0.192. The van der Waals surface area contributed by atoms with Crippen LogP contribution in [0.25, 0.3) is 10.9 Å². The number of aliphatic imine (C=N–C) groups is 1. The van der Waals surface area contributed by atoms with E-state index in [9.17, 15) is 4.79 Å². The van der Waals surface area contributed by atoms with E-state index in [1.54, 1.807) is 37.7 Å². The number of terminal acetylenes is 1. The molecule has 0 aliphatic heterocycles. The standard InChI is InChI=1S/C29H25N5O2/c1-4-30-17-15-20(2)32-22-7-5-21(6-8-22)29(35)34-24-11-9-23(10-12-24)33-28-16-18-31-27-14-13-25(36-3)19-26(27)28/h1,5-19,32H,2-3H3,(H,31,33)(H,34,35)/b20-15+,30-17-. The lowest BCUT2D eigenvalue weighted by Gasteiger charge is -2.12. The maximum absolute atomic E-state index is 12.7. The van der Waals surface area contributed by atoms with Crippen LogP contribution >= 0.6 is 0 Å². The highest BCUT2D eigenvalue weighted by molar-refractivity contribution is 6.04. The van der Waals surface area contributed by atoms with Crippen molar-refractivity contribution in [2.45, 2.75) is 6.92 Å². The number of carbonyl (C=O) groups excluding carboxylic acids is 1. The van der Waals surface area contributed by atoms with Crippen LogP contribution in [0.3, 0.4) is 0 Å². The van der Waals surface area contributed by atoms with E-state index in [1.165, 1.54) is 0 Å². The fourth-order valence-corrected chi connectivity index (χ4v) is 3.52. The molecule has 36 heavy (non-hydrogen) atoms. The van der Waals surface area contributed by atoms with Crippen LogP contribution in [0, 0.1) is 12.5 Å². The minimum Gasteiger partial charge on any atom is -0.497 e. The Kier molecular flexibility index (Phi) is 7.59. The number of amides is 1. The molecule has 0 spiro atoms. The van der Waals surface area contributed by atoms with Gasteiger partial charge in [-0.2, -0.15) is 0 Å². The molecule has 1 aromatic heterocycles. The predicted octanol–water partition coefficient (Wildman–Crippen LogP) is 6.22. The number of methoxy groups -OCH3 is 1. The van der Waals surface area contributed by atoms with Crippen molar-refractivity contribution in [3.05, 3.63) is 96.3 Å². The van der Waals surface area contributed by atoms with Gasteiger partial charge in [-0.05, 0) is 85.8 Å². The Hall–Kier alpha value is -5.09. The van der Waals surface area contributed by atoms with Crippen molar-refractivity contribution in [2.75, 3.05) is 23.1 Å². The first-order chi connectivity index (χ1) is 17.6. The molecule has 7 nitrogen and oxygen atoms in total. The van der Waals surface area contributed by atoms with Crippen molar-refractivity contribution in [1.29, 1.82) is 0 Å². The molecule has 3 aromatic carbocycles. The largest absolute Gasteiger partial charge is 0.497 e. The summed E-state index contributed by atoms with van der Waals surface area (Å²) in [6.07, 6.45) is 10.2. The van der Waals surface area contributed by atoms with Gasteiger partial charge >= 0.3 is 0 Å². The van der Waals surface area contributed by atoms with Gasteiger partial charge in [-0.15, -0.1) is 0 Å². The summed E-state index contributed by atoms with van der Waals surface area (Å²) in [5.74, 6) is 0.574. The zero-order valence-electron chi connectivity index (χ0n) is 19.9. The first kappa shape index (κ1) is 24.0. The molecule has 0 saturated heterocycles. The topological polar surface area (TPSA) is 87.6 Å². The van der Waals surface area contributed by atoms with Crippen LogP contribution in [0.5, 0.6) is 5.75 Å². The summed E-state index contributed by atoms with van der Waals surface area (Å²) >= 11 is 0. The summed E-state index contributed by atoms with van der Waals surface area (Å²) in [6, 6.07) is 24.6. The monoisotopic (exact) mass is 475 g/mol. The average molecular weight is 476 g/mol. The number of aromatic nitrogens is 1. The zero-order chi connectivity index (χ0) is 25.3. The summed E-state index contributed by atoms with van der Waals surface area (Å²) in [5.41, 5.74) is 5.64. The summed E-state index contributed by atoms with van der Waals surface area (Å²) in [7, 11) is 1.64. The fourth-order valence-electron chi connectivity index (χ4n) is 3.52. The van der Waals surface area contributed by atoms with E-state index in [-0.39, 0.29) is 5.91 Å². The van der Waals surface area contributed by atoms with Crippen LogP contribution in [0.4, 0.5) is 22.7 Å². The Morgan fingerprint density at radius 3 is 2.39 bits per heavy atom. The normalized spacial score (nSPS) is 11.2. The minimum atomic E-state index is -0.192. The number of rotatable bonds is 8. The molecule has 4 aromatic rings. The number of pyridine rings is 1. The quantitative estimate of drug-likeness (QED) is 0.208. The van der Waals surface area contributed by atoms with Crippen LogP contribution in [0.1, 0.15) is 17.3 Å². The Labute approximate surface area is 209 Å². The lowest BCUT2D eigenvalue weighted by atomic mass is 10.1. The lowest BCUT2D eigenvalue weighted by molar-refractivity contribution is 0.102. The van der Waals surface area contributed by atoms with Crippen LogP contribution in [0.15, 0.2) is 95.8 Å². The molecule has 4 rings (SSSR count). The molecule has 0 unspecified atom stereocenters. The van der Waals surface area contributed by atoms with Crippen molar-refractivity contribution >= 4 is 45.8 Å². The van der Waals surface area contributed by atoms with Gasteiger partial charge < -0.3 is 20.7 Å². The van der Waals surface area contributed by atoms with E-state index in [4.69, 9.17) is 11.2 Å². The van der Waals surface area contributed by atoms with Gasteiger partial charge in [0.05, 0.1) is 12.6 Å². The summed E-state index contributed by atoms with van der Waals surface area (Å²) < 4.78 is 5.35. The molecule has 1 amide bonds. The van der Waals surface area contributed by atoms with Crippen LogP contribution < -0.4 is 20.7 Å². The Morgan fingerprint density at radius 2 is 1.67 bits per heavy atom. The zero-order valence-corrected chi connectivity index (χ0v) is 19.9. The van der Waals surface area contributed by atoms with Gasteiger partial charge in [0.15, 0.2) is 0 Å². The highest BCUT2D eigenvalue weighted by Gasteiger charge is 2.08. The average Bonchev–Trinajstić information content (AvgIpc) is 2.90. The second kappa shape index (κ2) is 11.4. The Bertz CT molecular complexity index is 1470. The summed E-state index contributed by atoms with van der Waals surface area (Å²) in [5, 5.41) is 10.5. The highest BCUT2D eigenvalue weighted by atomic mass is 16.5. The van der Waals surface area contributed by atoms with E-state index < -0.39 is 0 Å². The Balaban J connectivity index is 1.39. The number of fused-ring (bicyclic) bond motifs is 1. The molecule has 0 saturated carbocycles. The molecule has 0 fully saturated rings. The van der Waals surface area contributed by atoms with Gasteiger partial charge in [-0.1, -0.05) is 6.42 Å². The van der Waals surface area contributed by atoms with Gasteiger partial charge in [-0.25, -0.2) is 4.99 Å². The van der Waals surface area contributed by atoms with Crippen molar-refractivity contribution in [1.82, 2.24) is 4.98 Å². The van der Waals surface area contributed by atoms with Crippen LogP contribution in [-0.2, 0) is 0 Å². The molecule has 1 heterocycles. The molecule has 7 heteroatoms. The molecular formula is C29H25N5O2. The van der Waals surface area contributed by atoms with Crippen molar-refractivity contribution < 1.29 is 9.53 Å². The number of nitrogens with zero attached hydrogens (tertiary/aromatic N) is 2. The SMILES string of the molecule is C#C/N=C\C=C(/C)Nc1ccc(C(=O)Nc2ccc(Nc3ccnc4ccc(OC)cc34)cc2)cc1. The number of anilines is 4. The first-order valence-electron chi connectivity index (χ1n) is 11.2. The van der Waals surface area contributed by atoms with Gasteiger partial charge in [0.2, 0.25) is 0 Å². The van der Waals surface area contributed by atoms with E-state index in [1.807, 2.05) is 67.6 Å². The van der Waals surface area contributed by atoms with Crippen molar-refractivity contribution in [3.8, 4) is 18.2 Å². The van der Waals surface area contributed by atoms with Gasteiger partial charge in [0, 0.05) is 57.9 Å². The lowest BCUT2D eigenvalue weighted by Crippen LogP contribution is -2.11. The number of benzene rings is 3. The van der Waals surface area contributed by atoms with Crippen molar-refractivity contribution in [3.63, 3.8) is 0 Å².